The topological polar surface area (TPSA) is 106 Å². The van der Waals surface area contributed by atoms with Gasteiger partial charge in [0.2, 0.25) is 5.91 Å². The zero-order valence-corrected chi connectivity index (χ0v) is 11.0. The number of carbonyl (C=O) groups is 2. The smallest absolute Gasteiger partial charge is 0.323 e. The largest absolute Gasteiger partial charge is 0.480 e. The van der Waals surface area contributed by atoms with Crippen molar-refractivity contribution in [3.8, 4) is 0 Å². The first kappa shape index (κ1) is 15.1. The highest BCUT2D eigenvalue weighted by Crippen LogP contribution is 1.99. The van der Waals surface area contributed by atoms with Crippen LogP contribution < -0.4 is 0 Å². The van der Waals surface area contributed by atoms with E-state index in [2.05, 4.69) is 10.1 Å². The van der Waals surface area contributed by atoms with Crippen LogP contribution in [-0.4, -0.2) is 51.7 Å². The fraction of sp³-hybridized carbons (Fsp3) is 0.636. The molecule has 1 N–H and O–H groups in total. The van der Waals surface area contributed by atoms with E-state index in [1.807, 2.05) is 6.92 Å². The van der Waals surface area contributed by atoms with Crippen molar-refractivity contribution in [2.45, 2.75) is 26.9 Å². The third-order valence-electron chi connectivity index (χ3n) is 2.19. The first-order chi connectivity index (χ1) is 9.02. The van der Waals surface area contributed by atoms with Gasteiger partial charge in [0.25, 0.3) is 5.89 Å². The van der Waals surface area contributed by atoms with Gasteiger partial charge in [-0.25, -0.2) is 0 Å². The highest BCUT2D eigenvalue weighted by molar-refractivity contribution is 5.82. The summed E-state index contributed by atoms with van der Waals surface area (Å²) in [6.07, 6.45) is 0.682. The molecule has 0 bridgehead atoms. The molecule has 0 aliphatic carbocycles. The summed E-state index contributed by atoms with van der Waals surface area (Å²) in [7, 11) is 0. The first-order valence-electron chi connectivity index (χ1n) is 5.89. The summed E-state index contributed by atoms with van der Waals surface area (Å²) in [5.41, 5.74) is 0. The monoisotopic (exact) mass is 271 g/mol. The summed E-state index contributed by atoms with van der Waals surface area (Å²) in [5, 5.41) is 12.3. The second kappa shape index (κ2) is 7.47. The van der Waals surface area contributed by atoms with E-state index in [0.29, 0.717) is 18.8 Å². The number of carboxylic acid groups (broad SMARTS) is 1. The van der Waals surface area contributed by atoms with Gasteiger partial charge in [-0.2, -0.15) is 4.98 Å². The van der Waals surface area contributed by atoms with Crippen molar-refractivity contribution in [1.82, 2.24) is 15.0 Å². The van der Waals surface area contributed by atoms with Gasteiger partial charge in [-0.15, -0.1) is 0 Å². The maximum atomic E-state index is 11.7. The molecule has 0 aromatic carbocycles. The molecule has 19 heavy (non-hydrogen) atoms. The van der Waals surface area contributed by atoms with E-state index in [1.54, 1.807) is 6.92 Å². The number of amides is 1. The summed E-state index contributed by atoms with van der Waals surface area (Å²) >= 11 is 0. The Kier molecular flexibility index (Phi) is 5.94. The first-order valence-corrected chi connectivity index (χ1v) is 5.89. The molecule has 1 heterocycles. The van der Waals surface area contributed by atoms with Crippen LogP contribution in [0, 0.1) is 6.92 Å². The van der Waals surface area contributed by atoms with Crippen LogP contribution in [0.4, 0.5) is 0 Å². The number of hydrogen-bond acceptors (Lipinski definition) is 6. The molecule has 0 aliphatic heterocycles. The van der Waals surface area contributed by atoms with Crippen molar-refractivity contribution < 1.29 is 24.0 Å². The van der Waals surface area contributed by atoms with Gasteiger partial charge in [-0.05, 0) is 13.3 Å². The standard InChI is InChI=1S/C11H17N3O5/c1-3-4-14(5-11(16)17)10(15)7-18-6-9-12-8(2)13-19-9/h3-7H2,1-2H3,(H,16,17). The summed E-state index contributed by atoms with van der Waals surface area (Å²) in [6.45, 7) is 3.41. The van der Waals surface area contributed by atoms with Crippen LogP contribution in [0.15, 0.2) is 4.52 Å². The van der Waals surface area contributed by atoms with Crippen molar-refractivity contribution >= 4 is 11.9 Å². The van der Waals surface area contributed by atoms with E-state index in [1.165, 1.54) is 4.90 Å². The van der Waals surface area contributed by atoms with Crippen LogP contribution in [0.5, 0.6) is 0 Å². The van der Waals surface area contributed by atoms with Crippen LogP contribution >= 0.6 is 0 Å². The lowest BCUT2D eigenvalue weighted by Gasteiger charge is -2.19. The zero-order valence-electron chi connectivity index (χ0n) is 11.0. The average molecular weight is 271 g/mol. The van der Waals surface area contributed by atoms with E-state index in [4.69, 9.17) is 14.4 Å². The summed E-state index contributed by atoms with van der Waals surface area (Å²) in [4.78, 5) is 27.5. The minimum absolute atomic E-state index is 0.0274. The molecule has 1 aromatic heterocycles. The highest BCUT2D eigenvalue weighted by Gasteiger charge is 2.16. The molecule has 0 saturated heterocycles. The Bertz CT molecular complexity index is 432. The van der Waals surface area contributed by atoms with Crippen molar-refractivity contribution in [1.29, 1.82) is 0 Å². The second-order valence-corrected chi connectivity index (χ2v) is 3.94. The number of aryl methyl sites for hydroxylation is 1. The van der Waals surface area contributed by atoms with Crippen molar-refractivity contribution in [3.05, 3.63) is 11.7 Å². The van der Waals surface area contributed by atoms with Crippen molar-refractivity contribution in [2.75, 3.05) is 19.7 Å². The number of aliphatic carboxylic acids is 1. The molecular weight excluding hydrogens is 254 g/mol. The molecule has 0 aliphatic rings. The molecular formula is C11H17N3O5. The van der Waals surface area contributed by atoms with Crippen LogP contribution in [0.2, 0.25) is 0 Å². The molecule has 1 amide bonds. The molecule has 1 rings (SSSR count). The van der Waals surface area contributed by atoms with Crippen LogP contribution in [0.1, 0.15) is 25.1 Å². The molecule has 0 saturated carbocycles. The number of aromatic nitrogens is 2. The number of carbonyl (C=O) groups excluding carboxylic acids is 1. The molecule has 8 nitrogen and oxygen atoms in total. The fourth-order valence-electron chi connectivity index (χ4n) is 1.44. The molecule has 0 fully saturated rings. The van der Waals surface area contributed by atoms with Crippen molar-refractivity contribution in [2.24, 2.45) is 0 Å². The van der Waals surface area contributed by atoms with Crippen molar-refractivity contribution in [3.63, 3.8) is 0 Å². The lowest BCUT2D eigenvalue weighted by molar-refractivity contribution is -0.146. The van der Waals surface area contributed by atoms with E-state index in [0.717, 1.165) is 0 Å². The normalized spacial score (nSPS) is 10.4. The molecule has 106 valence electrons. The molecule has 0 atom stereocenters. The Morgan fingerprint density at radius 3 is 2.74 bits per heavy atom. The van der Waals surface area contributed by atoms with E-state index >= 15 is 0 Å². The lowest BCUT2D eigenvalue weighted by atomic mass is 10.4. The van der Waals surface area contributed by atoms with Gasteiger partial charge in [0, 0.05) is 6.54 Å². The minimum atomic E-state index is -1.05. The maximum Gasteiger partial charge on any atom is 0.323 e. The predicted octanol–water partition coefficient (Wildman–Crippen LogP) is 0.218. The maximum absolute atomic E-state index is 11.7. The van der Waals surface area contributed by atoms with Gasteiger partial charge in [-0.1, -0.05) is 12.1 Å². The van der Waals surface area contributed by atoms with Crippen LogP contribution in [0.3, 0.4) is 0 Å². The summed E-state index contributed by atoms with van der Waals surface area (Å²) in [6, 6.07) is 0. The summed E-state index contributed by atoms with van der Waals surface area (Å²) < 4.78 is 9.94. The van der Waals surface area contributed by atoms with Crippen LogP contribution in [-0.2, 0) is 20.9 Å². The molecule has 1 aromatic rings. The third kappa shape index (κ3) is 5.47. The van der Waals surface area contributed by atoms with Crippen LogP contribution in [0.25, 0.3) is 0 Å². The molecule has 0 radical (unpaired) electrons. The Labute approximate surface area is 110 Å². The lowest BCUT2D eigenvalue weighted by Crippen LogP contribution is -2.38. The SMILES string of the molecule is CCCN(CC(=O)O)C(=O)COCc1nc(C)no1. The van der Waals surface area contributed by atoms with Gasteiger partial charge in [0.1, 0.15) is 19.8 Å². The predicted molar refractivity (Wildman–Crippen MR) is 63.2 cm³/mol. The number of ether oxygens (including phenoxy) is 1. The Hall–Kier alpha value is -1.96. The Morgan fingerprint density at radius 1 is 1.47 bits per heavy atom. The second-order valence-electron chi connectivity index (χ2n) is 3.94. The number of carboxylic acids is 1. The molecule has 0 unspecified atom stereocenters. The summed E-state index contributed by atoms with van der Waals surface area (Å²) in [5.74, 6) is -0.649. The Balaban J connectivity index is 2.37. The third-order valence-corrected chi connectivity index (χ3v) is 2.19. The molecule has 8 heteroatoms. The number of rotatable bonds is 8. The number of nitrogens with zero attached hydrogens (tertiary/aromatic N) is 3. The van der Waals surface area contributed by atoms with E-state index in [9.17, 15) is 9.59 Å². The van der Waals surface area contributed by atoms with Gasteiger partial charge in [-0.3, -0.25) is 9.59 Å². The Morgan fingerprint density at radius 2 is 2.21 bits per heavy atom. The highest BCUT2D eigenvalue weighted by atomic mass is 16.5. The van der Waals surface area contributed by atoms with E-state index in [-0.39, 0.29) is 31.6 Å². The number of hydrogen-bond donors (Lipinski definition) is 1. The van der Waals surface area contributed by atoms with Gasteiger partial charge in [0.15, 0.2) is 5.82 Å². The fourth-order valence-corrected chi connectivity index (χ4v) is 1.44. The zero-order chi connectivity index (χ0) is 14.3. The van der Waals surface area contributed by atoms with E-state index < -0.39 is 5.97 Å². The average Bonchev–Trinajstić information content (AvgIpc) is 2.74. The van der Waals surface area contributed by atoms with Gasteiger partial charge >= 0.3 is 5.97 Å². The van der Waals surface area contributed by atoms with Gasteiger partial charge in [0.05, 0.1) is 0 Å². The van der Waals surface area contributed by atoms with Gasteiger partial charge < -0.3 is 19.3 Å². The molecule has 0 spiro atoms. The quantitative estimate of drug-likeness (QED) is 0.720. The minimum Gasteiger partial charge on any atom is -0.480 e.